The quantitative estimate of drug-likeness (QED) is 0.351. The summed E-state index contributed by atoms with van der Waals surface area (Å²) in [5.74, 6) is -0.419. The molecule has 7 nitrogen and oxygen atoms in total. The average Bonchev–Trinajstić information content (AvgIpc) is 3.47. The number of aliphatic hydroxyl groups is 1. The summed E-state index contributed by atoms with van der Waals surface area (Å²) in [6.45, 7) is -0.346. The molecule has 14 heteroatoms. The van der Waals surface area contributed by atoms with Crippen LogP contribution in [-0.2, 0) is 10.6 Å². The smallest absolute Gasteiger partial charge is 0.290 e. The fraction of sp³-hybridized carbons (Fsp3) is 0.280. The second-order valence-electron chi connectivity index (χ2n) is 9.44. The van der Waals surface area contributed by atoms with Crippen LogP contribution in [0.1, 0.15) is 23.2 Å². The Kier molecular flexibility index (Phi) is 5.82. The van der Waals surface area contributed by atoms with Crippen LogP contribution in [0.25, 0.3) is 11.8 Å². The molecular weight excluding hydrogens is 550 g/mol. The van der Waals surface area contributed by atoms with Gasteiger partial charge in [0.2, 0.25) is 0 Å². The van der Waals surface area contributed by atoms with E-state index >= 15 is 0 Å². The number of benzene rings is 2. The number of aliphatic hydroxyl groups excluding tert-OH is 1. The minimum Gasteiger partial charge on any atom is -0.495 e. The summed E-state index contributed by atoms with van der Waals surface area (Å²) in [6, 6.07) is 9.21. The molecule has 0 aliphatic carbocycles. The van der Waals surface area contributed by atoms with Crippen LogP contribution in [-0.4, -0.2) is 50.9 Å². The highest BCUT2D eigenvalue weighted by Crippen LogP contribution is 3.01. The maximum atomic E-state index is 14.2. The van der Waals surface area contributed by atoms with E-state index in [2.05, 4.69) is 10.1 Å². The van der Waals surface area contributed by atoms with Crippen molar-refractivity contribution < 1.29 is 38.5 Å². The predicted molar refractivity (Wildman–Crippen MR) is 135 cm³/mol. The molecule has 2 aliphatic rings. The van der Waals surface area contributed by atoms with Crippen LogP contribution < -0.4 is 4.74 Å². The third-order valence-electron chi connectivity index (χ3n) is 6.77. The van der Waals surface area contributed by atoms with Gasteiger partial charge in [0.05, 0.1) is 24.8 Å². The number of piperidine rings is 1. The van der Waals surface area contributed by atoms with Gasteiger partial charge in [0.1, 0.15) is 23.4 Å². The van der Waals surface area contributed by atoms with Crippen LogP contribution in [0.3, 0.4) is 0 Å². The van der Waals surface area contributed by atoms with Crippen molar-refractivity contribution in [3.05, 3.63) is 83.2 Å². The van der Waals surface area contributed by atoms with Crippen molar-refractivity contribution in [3.8, 4) is 11.4 Å². The Morgan fingerprint density at radius 2 is 1.87 bits per heavy atom. The number of imidazole rings is 1. The first-order valence-electron chi connectivity index (χ1n) is 11.7. The lowest BCUT2D eigenvalue weighted by molar-refractivity contribution is -0.137. The molecular formula is C25H24F6N4O3S. The molecule has 210 valence electrons. The van der Waals surface area contributed by atoms with Gasteiger partial charge in [-0.1, -0.05) is 30.7 Å². The van der Waals surface area contributed by atoms with Crippen LogP contribution in [0.2, 0.25) is 0 Å². The molecule has 3 aromatic rings. The van der Waals surface area contributed by atoms with Gasteiger partial charge in [0.15, 0.2) is 5.84 Å². The van der Waals surface area contributed by atoms with E-state index in [1.54, 1.807) is 42.2 Å². The molecule has 39 heavy (non-hydrogen) atoms. The lowest BCUT2D eigenvalue weighted by Gasteiger charge is -2.52. The maximum Gasteiger partial charge on any atom is 0.290 e. The van der Waals surface area contributed by atoms with Crippen molar-refractivity contribution in [1.82, 2.24) is 14.5 Å². The Morgan fingerprint density at radius 1 is 1.15 bits per heavy atom. The molecule has 0 radical (unpaired) electrons. The molecule has 2 atom stereocenters. The van der Waals surface area contributed by atoms with Crippen LogP contribution in [0.15, 0.2) is 65.7 Å². The SMILES string of the molecule is COc1cc(/C=C2\CC(S(F)(F)(F)(F)F)CN3C2=NOC3(CO)c2ccc(F)cc2)ccc1-n1cnc(C)c1. The lowest BCUT2D eigenvalue weighted by atomic mass is 9.94. The summed E-state index contributed by atoms with van der Waals surface area (Å²) in [5, 5.41) is 11.1. The van der Waals surface area contributed by atoms with Crippen molar-refractivity contribution in [3.63, 3.8) is 0 Å². The van der Waals surface area contributed by atoms with Crippen molar-refractivity contribution in [2.24, 2.45) is 5.16 Å². The monoisotopic (exact) mass is 574 g/mol. The number of oxime groups is 1. The maximum absolute atomic E-state index is 14.2. The molecule has 2 unspecified atom stereocenters. The van der Waals surface area contributed by atoms with Gasteiger partial charge in [-0.3, -0.25) is 0 Å². The number of aryl methyl sites for hydroxylation is 1. The van der Waals surface area contributed by atoms with Crippen LogP contribution in [0, 0.1) is 12.7 Å². The zero-order chi connectivity index (χ0) is 28.3. The molecule has 1 fully saturated rings. The third kappa shape index (κ3) is 4.93. The summed E-state index contributed by atoms with van der Waals surface area (Å²) in [4.78, 5) is 10.5. The van der Waals surface area contributed by atoms with Gasteiger partial charge in [-0.05, 0) is 61.4 Å². The van der Waals surface area contributed by atoms with Gasteiger partial charge in [-0.15, -0.1) is 0 Å². The van der Waals surface area contributed by atoms with Crippen molar-refractivity contribution >= 4 is 22.1 Å². The Labute approximate surface area is 219 Å². The second-order valence-corrected chi connectivity index (χ2v) is 12.2. The molecule has 1 aromatic heterocycles. The van der Waals surface area contributed by atoms with Crippen molar-refractivity contribution in [2.45, 2.75) is 24.3 Å². The number of halogens is 6. The number of ether oxygens (including phenoxy) is 1. The molecule has 0 bridgehead atoms. The van der Waals surface area contributed by atoms with Crippen LogP contribution >= 0.6 is 10.2 Å². The first-order valence-corrected chi connectivity index (χ1v) is 13.7. The zero-order valence-corrected chi connectivity index (χ0v) is 21.5. The Balaban J connectivity index is 1.60. The first-order chi connectivity index (χ1) is 18.1. The van der Waals surface area contributed by atoms with Gasteiger partial charge >= 0.3 is 0 Å². The number of hydrogen-bond acceptors (Lipinski definition) is 6. The standard InChI is InChI=1S/C25H24F6N4O3S/c1-16-12-34(15-32-16)22-8-3-17(10-23(22)37-2)9-18-11-21(39(27,28,29,30)31)13-35-24(18)33-38-25(35,14-36)19-4-6-20(26)7-5-19/h3-10,12,15,21,36H,11,13-14H2,1-2H3/b18-9+. The number of aromatic nitrogens is 2. The predicted octanol–water partition coefficient (Wildman–Crippen LogP) is 6.27. The number of hydrogen-bond donors (Lipinski definition) is 1. The van der Waals surface area contributed by atoms with E-state index < -0.39 is 46.6 Å². The molecule has 5 rings (SSSR count). The highest BCUT2D eigenvalue weighted by molar-refractivity contribution is 8.46. The molecule has 0 saturated carbocycles. The topological polar surface area (TPSA) is 72.1 Å². The molecule has 2 aromatic carbocycles. The van der Waals surface area contributed by atoms with E-state index in [-0.39, 0.29) is 17.0 Å². The Bertz CT molecular complexity index is 1490. The molecule has 2 aliphatic heterocycles. The van der Waals surface area contributed by atoms with Crippen LogP contribution in [0.4, 0.5) is 23.8 Å². The number of methoxy groups -OCH3 is 1. The second kappa shape index (κ2) is 8.42. The van der Waals surface area contributed by atoms with E-state index in [0.717, 1.165) is 22.7 Å². The van der Waals surface area contributed by atoms with Crippen LogP contribution in [0.5, 0.6) is 5.75 Å². The number of nitrogens with zero attached hydrogens (tertiary/aromatic N) is 4. The van der Waals surface area contributed by atoms with E-state index in [1.165, 1.54) is 25.3 Å². The Morgan fingerprint density at radius 3 is 2.46 bits per heavy atom. The summed E-state index contributed by atoms with van der Waals surface area (Å²) in [6.07, 6.45) is 3.56. The molecule has 1 N–H and O–H groups in total. The largest absolute Gasteiger partial charge is 0.495 e. The van der Waals surface area contributed by atoms with Gasteiger partial charge in [0.25, 0.3) is 15.9 Å². The lowest BCUT2D eigenvalue weighted by Crippen LogP contribution is -2.56. The summed E-state index contributed by atoms with van der Waals surface area (Å²) in [7, 11) is -8.62. The minimum atomic E-state index is -10.0. The fourth-order valence-corrected chi connectivity index (χ4v) is 5.68. The van der Waals surface area contributed by atoms with Gasteiger partial charge in [-0.25, -0.2) is 9.37 Å². The zero-order valence-electron chi connectivity index (χ0n) is 20.7. The first kappa shape index (κ1) is 26.9. The minimum absolute atomic E-state index is 0.0500. The molecule has 0 spiro atoms. The van der Waals surface area contributed by atoms with Gasteiger partial charge < -0.3 is 24.1 Å². The molecule has 0 amide bonds. The molecule has 1 saturated heterocycles. The normalized spacial score (nSPS) is 24.0. The molecule has 3 heterocycles. The Hall–Kier alpha value is -3.65. The van der Waals surface area contributed by atoms with Gasteiger partial charge in [0, 0.05) is 23.9 Å². The fourth-order valence-electron chi connectivity index (χ4n) is 4.76. The average molecular weight is 575 g/mol. The highest BCUT2D eigenvalue weighted by Gasteiger charge is 2.72. The van der Waals surface area contributed by atoms with Crippen molar-refractivity contribution in [2.75, 3.05) is 20.3 Å². The number of rotatable bonds is 6. The number of fused-ring (bicyclic) bond motifs is 1. The summed E-state index contributed by atoms with van der Waals surface area (Å²) >= 11 is 0. The highest BCUT2D eigenvalue weighted by atomic mass is 32.5. The van der Waals surface area contributed by atoms with E-state index in [0.29, 0.717) is 17.0 Å². The summed E-state index contributed by atoms with van der Waals surface area (Å²) < 4.78 is 91.5. The van der Waals surface area contributed by atoms with E-state index in [4.69, 9.17) is 9.57 Å². The number of amidine groups is 1. The van der Waals surface area contributed by atoms with E-state index in [1.807, 2.05) is 0 Å². The van der Waals surface area contributed by atoms with Gasteiger partial charge in [-0.2, -0.15) is 0 Å². The van der Waals surface area contributed by atoms with E-state index in [9.17, 15) is 28.9 Å². The third-order valence-corrected chi connectivity index (χ3v) is 8.35. The van der Waals surface area contributed by atoms with Crippen molar-refractivity contribution in [1.29, 1.82) is 0 Å². The summed E-state index contributed by atoms with van der Waals surface area (Å²) in [5.41, 5.74) is -0.465.